The van der Waals surface area contributed by atoms with Crippen LogP contribution in [-0.4, -0.2) is 47.6 Å². The fraction of sp³-hybridized carbons (Fsp3) is 0.100. The Morgan fingerprint density at radius 2 is 1.91 bits per heavy atom. The Morgan fingerprint density at radius 3 is 2.48 bits per heavy atom. The van der Waals surface area contributed by atoms with Gasteiger partial charge in [-0.15, -0.1) is 0 Å². The van der Waals surface area contributed by atoms with Crippen LogP contribution in [0.1, 0.15) is 5.56 Å². The van der Waals surface area contributed by atoms with Gasteiger partial charge in [-0.05, 0) is 51.8 Å². The van der Waals surface area contributed by atoms with Crippen LogP contribution < -0.4 is 19.7 Å². The maximum absolute atomic E-state index is 13.0. The smallest absolute Gasteiger partial charge is 0.341 e. The summed E-state index contributed by atoms with van der Waals surface area (Å²) in [5, 5.41) is 21.7. The molecule has 0 unspecified atom stereocenters. The fourth-order valence-electron chi connectivity index (χ4n) is 2.88. The largest absolute Gasteiger partial charge is 0.493 e. The molecule has 1 aliphatic rings. The molecule has 1 heterocycles. The van der Waals surface area contributed by atoms with Crippen molar-refractivity contribution in [1.82, 2.24) is 5.32 Å². The van der Waals surface area contributed by atoms with E-state index in [0.29, 0.717) is 14.9 Å². The number of urea groups is 1. The van der Waals surface area contributed by atoms with Gasteiger partial charge in [-0.1, -0.05) is 0 Å². The first-order chi connectivity index (χ1) is 15.6. The first-order valence-corrected chi connectivity index (χ1v) is 9.79. The number of carbonyl (C=O) groups excluding carboxylic acids is 3. The van der Waals surface area contributed by atoms with Crippen molar-refractivity contribution in [3.63, 3.8) is 0 Å². The quantitative estimate of drug-likeness (QED) is 0.241. The lowest BCUT2D eigenvalue weighted by Gasteiger charge is -2.26. The third-order valence-electron chi connectivity index (χ3n) is 4.32. The molecule has 170 valence electrons. The molecule has 0 spiro atoms. The zero-order valence-corrected chi connectivity index (χ0v) is 18.3. The molecule has 0 atom stereocenters. The molecule has 0 aliphatic carbocycles. The zero-order valence-electron chi connectivity index (χ0n) is 16.7. The summed E-state index contributed by atoms with van der Waals surface area (Å²) >= 11 is 3.23. The van der Waals surface area contributed by atoms with Gasteiger partial charge in [-0.3, -0.25) is 25.0 Å². The minimum atomic E-state index is -1.20. The number of nitro groups is 1. The second kappa shape index (κ2) is 9.48. The Morgan fingerprint density at radius 1 is 1.24 bits per heavy atom. The van der Waals surface area contributed by atoms with E-state index in [1.807, 2.05) is 5.32 Å². The number of nitro benzene ring substituents is 1. The molecule has 13 heteroatoms. The van der Waals surface area contributed by atoms with Crippen molar-refractivity contribution in [3.05, 3.63) is 62.1 Å². The predicted molar refractivity (Wildman–Crippen MR) is 116 cm³/mol. The maximum Gasteiger partial charge on any atom is 0.341 e. The van der Waals surface area contributed by atoms with Crippen molar-refractivity contribution in [2.75, 3.05) is 18.6 Å². The monoisotopic (exact) mass is 519 g/mol. The third-order valence-corrected chi connectivity index (χ3v) is 4.91. The molecular formula is C20H14BrN3O9. The molecule has 0 radical (unpaired) electrons. The number of anilines is 1. The van der Waals surface area contributed by atoms with Crippen LogP contribution in [0, 0.1) is 10.1 Å². The average molecular weight is 520 g/mol. The van der Waals surface area contributed by atoms with E-state index in [2.05, 4.69) is 15.9 Å². The van der Waals surface area contributed by atoms with Gasteiger partial charge in [0, 0.05) is 12.1 Å². The van der Waals surface area contributed by atoms with Gasteiger partial charge in [0.2, 0.25) is 0 Å². The summed E-state index contributed by atoms with van der Waals surface area (Å²) in [6, 6.07) is 6.50. The highest BCUT2D eigenvalue weighted by atomic mass is 79.9. The number of rotatable bonds is 7. The minimum absolute atomic E-state index is 0.0256. The molecule has 2 N–H and O–H groups in total. The predicted octanol–water partition coefficient (Wildman–Crippen LogP) is 2.50. The van der Waals surface area contributed by atoms with Crippen molar-refractivity contribution in [2.45, 2.75) is 0 Å². The number of nitrogens with zero attached hydrogens (tertiary/aromatic N) is 2. The normalized spacial score (nSPS) is 14.8. The van der Waals surface area contributed by atoms with Crippen molar-refractivity contribution in [1.29, 1.82) is 0 Å². The number of ether oxygens (including phenoxy) is 2. The summed E-state index contributed by atoms with van der Waals surface area (Å²) in [5.41, 5.74) is -0.297. The second-order valence-corrected chi connectivity index (χ2v) is 7.30. The van der Waals surface area contributed by atoms with E-state index in [1.54, 1.807) is 0 Å². The lowest BCUT2D eigenvalue weighted by molar-refractivity contribution is -0.384. The molecule has 0 bridgehead atoms. The topological polar surface area (TPSA) is 165 Å². The van der Waals surface area contributed by atoms with Gasteiger partial charge in [0.25, 0.3) is 17.5 Å². The molecule has 12 nitrogen and oxygen atoms in total. The number of halogens is 1. The summed E-state index contributed by atoms with van der Waals surface area (Å²) in [4.78, 5) is 59.2. The highest BCUT2D eigenvalue weighted by Gasteiger charge is 2.37. The number of methoxy groups -OCH3 is 1. The highest BCUT2D eigenvalue weighted by Crippen LogP contribution is 2.37. The van der Waals surface area contributed by atoms with Crippen molar-refractivity contribution in [2.24, 2.45) is 0 Å². The molecule has 3 rings (SSSR count). The molecule has 2 aromatic rings. The Labute approximate surface area is 193 Å². The van der Waals surface area contributed by atoms with Gasteiger partial charge < -0.3 is 14.6 Å². The molecule has 1 fully saturated rings. The van der Waals surface area contributed by atoms with Crippen molar-refractivity contribution in [3.8, 4) is 11.5 Å². The number of non-ortho nitro benzene ring substituents is 1. The van der Waals surface area contributed by atoms with Crippen LogP contribution in [-0.2, 0) is 14.4 Å². The Bertz CT molecular complexity index is 1210. The summed E-state index contributed by atoms with van der Waals surface area (Å²) in [7, 11) is 1.32. The molecule has 1 saturated heterocycles. The van der Waals surface area contributed by atoms with Crippen LogP contribution >= 0.6 is 15.9 Å². The van der Waals surface area contributed by atoms with E-state index in [-0.39, 0.29) is 28.4 Å². The standard InChI is InChI=1S/C20H14BrN3O9/c1-32-15-8-10(7-14(21)17(15)33-9-16(25)26)6-13-18(27)22-20(29)23(19(13)28)11-2-4-12(5-3-11)24(30)31/h2-8H,9H2,1H3,(H,25,26)(H,22,27,29)/b13-6+. The summed E-state index contributed by atoms with van der Waals surface area (Å²) < 4.78 is 10.7. The summed E-state index contributed by atoms with van der Waals surface area (Å²) in [6.45, 7) is -0.622. The Balaban J connectivity index is 1.98. The number of barbiturate groups is 1. The Kier molecular flexibility index (Phi) is 6.72. The molecule has 0 saturated carbocycles. The minimum Gasteiger partial charge on any atom is -0.493 e. The van der Waals surface area contributed by atoms with Crippen LogP contribution in [0.2, 0.25) is 0 Å². The molecular weight excluding hydrogens is 506 g/mol. The van der Waals surface area contributed by atoms with Gasteiger partial charge >= 0.3 is 12.0 Å². The maximum atomic E-state index is 13.0. The van der Waals surface area contributed by atoms with Gasteiger partial charge in [0.05, 0.1) is 22.2 Å². The van der Waals surface area contributed by atoms with E-state index >= 15 is 0 Å². The zero-order chi connectivity index (χ0) is 24.3. The summed E-state index contributed by atoms with van der Waals surface area (Å²) in [5.74, 6) is -2.85. The first kappa shape index (κ1) is 23.4. The number of carbonyl (C=O) groups is 4. The lowest BCUT2D eigenvalue weighted by atomic mass is 10.1. The van der Waals surface area contributed by atoms with Crippen LogP contribution in [0.3, 0.4) is 0 Å². The number of hydrogen-bond acceptors (Lipinski definition) is 8. The number of carboxylic acid groups (broad SMARTS) is 1. The van der Waals surface area contributed by atoms with Crippen molar-refractivity contribution >= 4 is 57.2 Å². The third kappa shape index (κ3) is 4.98. The van der Waals surface area contributed by atoms with E-state index in [9.17, 15) is 29.3 Å². The fourth-order valence-corrected chi connectivity index (χ4v) is 3.45. The van der Waals surface area contributed by atoms with Crippen LogP contribution in [0.25, 0.3) is 6.08 Å². The molecule has 0 aromatic heterocycles. The first-order valence-electron chi connectivity index (χ1n) is 9.00. The molecule has 2 aromatic carbocycles. The SMILES string of the molecule is COc1cc(/C=C2\C(=O)NC(=O)N(c3ccc([N+](=O)[O-])cc3)C2=O)cc(Br)c1OCC(=O)O. The van der Waals surface area contributed by atoms with Crippen LogP contribution in [0.5, 0.6) is 11.5 Å². The van der Waals surface area contributed by atoms with E-state index in [0.717, 1.165) is 12.1 Å². The van der Waals surface area contributed by atoms with Gasteiger partial charge in [-0.25, -0.2) is 14.5 Å². The van der Waals surface area contributed by atoms with Gasteiger partial charge in [0.15, 0.2) is 18.1 Å². The molecule has 33 heavy (non-hydrogen) atoms. The highest BCUT2D eigenvalue weighted by molar-refractivity contribution is 9.10. The number of nitrogens with one attached hydrogen (secondary N) is 1. The average Bonchev–Trinajstić information content (AvgIpc) is 2.75. The van der Waals surface area contributed by atoms with E-state index < -0.39 is 35.3 Å². The Hall–Kier alpha value is -4.26. The van der Waals surface area contributed by atoms with Crippen LogP contribution in [0.4, 0.5) is 16.2 Å². The van der Waals surface area contributed by atoms with Crippen LogP contribution in [0.15, 0.2) is 46.4 Å². The number of carboxylic acids is 1. The van der Waals surface area contributed by atoms with Gasteiger partial charge in [0.1, 0.15) is 5.57 Å². The molecule has 4 amide bonds. The van der Waals surface area contributed by atoms with Gasteiger partial charge in [-0.2, -0.15) is 0 Å². The van der Waals surface area contributed by atoms with E-state index in [4.69, 9.17) is 14.6 Å². The second-order valence-electron chi connectivity index (χ2n) is 6.45. The number of hydrogen-bond donors (Lipinski definition) is 2. The van der Waals surface area contributed by atoms with E-state index in [1.165, 1.54) is 37.5 Å². The van der Waals surface area contributed by atoms with Crippen molar-refractivity contribution < 1.29 is 38.7 Å². The number of aliphatic carboxylic acids is 1. The number of imide groups is 2. The number of amides is 4. The number of benzene rings is 2. The molecule has 1 aliphatic heterocycles. The lowest BCUT2D eigenvalue weighted by Crippen LogP contribution is -2.54. The summed E-state index contributed by atoms with van der Waals surface area (Å²) in [6.07, 6.45) is 1.21.